The van der Waals surface area contributed by atoms with Gasteiger partial charge < -0.3 is 1.43 Å². The fraction of sp³-hybridized carbons (Fsp3) is 0.333. The van der Waals surface area contributed by atoms with Gasteiger partial charge in [-0.15, -0.1) is 24.7 Å². The van der Waals surface area contributed by atoms with Gasteiger partial charge in [-0.3, -0.25) is 0 Å². The van der Waals surface area contributed by atoms with Gasteiger partial charge in [-0.2, -0.15) is 0 Å². The van der Waals surface area contributed by atoms with Crippen molar-refractivity contribution in [3.05, 3.63) is 0 Å². The van der Waals surface area contributed by atoms with Crippen LogP contribution in [0.25, 0.3) is 0 Å². The van der Waals surface area contributed by atoms with Crippen LogP contribution in [0.4, 0.5) is 0 Å². The van der Waals surface area contributed by atoms with E-state index in [2.05, 4.69) is 11.8 Å². The van der Waals surface area contributed by atoms with Gasteiger partial charge in [0, 0.05) is 12.8 Å². The molecule has 0 aliphatic heterocycles. The Morgan fingerprint density at radius 1 is 1.14 bits per heavy atom. The molecular weight excluding hydrogens is 95.1 g/mol. The number of hydrogen-bond donors (Lipinski definition) is 0. The minimum Gasteiger partial charge on any atom is -1.00 e. The van der Waals surface area contributed by atoms with Gasteiger partial charge in [0.05, 0.1) is 0 Å². The maximum absolute atomic E-state index is 4.87. The Bertz CT molecular complexity index is 82.1. The molecule has 0 rings (SSSR count). The van der Waals surface area contributed by atoms with Crippen LogP contribution < -0.4 is 29.6 Å². The van der Waals surface area contributed by atoms with E-state index in [9.17, 15) is 0 Å². The molecule has 0 saturated carbocycles. The quantitative estimate of drug-likeness (QED) is 0.207. The van der Waals surface area contributed by atoms with Crippen molar-refractivity contribution in [3.63, 3.8) is 0 Å². The first-order valence-corrected chi connectivity index (χ1v) is 1.78. The van der Waals surface area contributed by atoms with Crippen molar-refractivity contribution in [2.24, 2.45) is 0 Å². The maximum atomic E-state index is 4.87. The van der Waals surface area contributed by atoms with Crippen molar-refractivity contribution in [3.8, 4) is 24.7 Å². The Kier molecular flexibility index (Phi) is 13.7. The van der Waals surface area contributed by atoms with Crippen LogP contribution >= 0.6 is 0 Å². The summed E-state index contributed by atoms with van der Waals surface area (Å²) < 4.78 is 0. The van der Waals surface area contributed by atoms with Crippen molar-refractivity contribution in [2.45, 2.75) is 12.8 Å². The van der Waals surface area contributed by atoms with E-state index in [-0.39, 0.29) is 31.0 Å². The van der Waals surface area contributed by atoms with Crippen LogP contribution in [0.5, 0.6) is 0 Å². The first kappa shape index (κ1) is 10.2. The zero-order chi connectivity index (χ0) is 4.83. The SMILES string of the molecule is C#CCCC#C.[H-].[Na+]. The standard InChI is InChI=1S/C6H6.Na.H/c1-3-5-6-4-2;;/h1-2H,5-6H2;;/q;+1;-1. The van der Waals surface area contributed by atoms with Crippen LogP contribution in [0.3, 0.4) is 0 Å². The van der Waals surface area contributed by atoms with Gasteiger partial charge in [0.2, 0.25) is 0 Å². The van der Waals surface area contributed by atoms with Crippen LogP contribution in [0.2, 0.25) is 0 Å². The molecule has 0 bridgehead atoms. The molecule has 0 nitrogen and oxygen atoms in total. The van der Waals surface area contributed by atoms with Crippen LogP contribution in [-0.4, -0.2) is 0 Å². The third kappa shape index (κ3) is 10.7. The first-order chi connectivity index (χ1) is 2.91. The van der Waals surface area contributed by atoms with Crippen molar-refractivity contribution in [1.29, 1.82) is 0 Å². The number of hydrogen-bond acceptors (Lipinski definition) is 0. The third-order valence-corrected chi connectivity index (χ3v) is 0.414. The molecule has 0 atom stereocenters. The van der Waals surface area contributed by atoms with E-state index < -0.39 is 0 Å². The summed E-state index contributed by atoms with van der Waals surface area (Å²) in [5.74, 6) is 4.85. The summed E-state index contributed by atoms with van der Waals surface area (Å²) >= 11 is 0. The van der Waals surface area contributed by atoms with Crippen LogP contribution in [0.15, 0.2) is 0 Å². The molecule has 0 aliphatic carbocycles. The second kappa shape index (κ2) is 9.45. The minimum absolute atomic E-state index is 0. The van der Waals surface area contributed by atoms with Gasteiger partial charge in [-0.25, -0.2) is 0 Å². The molecule has 0 heterocycles. The van der Waals surface area contributed by atoms with E-state index in [4.69, 9.17) is 12.8 Å². The second-order valence-electron chi connectivity index (χ2n) is 0.908. The summed E-state index contributed by atoms with van der Waals surface area (Å²) in [5, 5.41) is 0. The molecule has 0 fully saturated rings. The molecule has 1 heteroatoms. The smallest absolute Gasteiger partial charge is 1.00 e. The number of rotatable bonds is 1. The minimum atomic E-state index is 0. The van der Waals surface area contributed by atoms with Crippen LogP contribution in [-0.2, 0) is 0 Å². The van der Waals surface area contributed by atoms with E-state index in [0.717, 1.165) is 0 Å². The molecule has 0 aromatic rings. The molecular formula is C6H7Na. The molecule has 0 aromatic carbocycles. The predicted octanol–water partition coefficient (Wildman–Crippen LogP) is -1.85. The molecule has 0 spiro atoms. The van der Waals surface area contributed by atoms with Crippen molar-refractivity contribution >= 4 is 0 Å². The van der Waals surface area contributed by atoms with Gasteiger partial charge in [0.25, 0.3) is 0 Å². The van der Waals surface area contributed by atoms with Gasteiger partial charge in [-0.1, -0.05) is 0 Å². The van der Waals surface area contributed by atoms with E-state index >= 15 is 0 Å². The Hall–Kier alpha value is 0.120. The van der Waals surface area contributed by atoms with Crippen LogP contribution in [0.1, 0.15) is 14.3 Å². The van der Waals surface area contributed by atoms with Gasteiger partial charge >= 0.3 is 29.6 Å². The fourth-order valence-corrected chi connectivity index (χ4v) is 0.144. The summed E-state index contributed by atoms with van der Waals surface area (Å²) in [5.41, 5.74) is 0. The first-order valence-electron chi connectivity index (χ1n) is 1.78. The summed E-state index contributed by atoms with van der Waals surface area (Å²) in [4.78, 5) is 0. The summed E-state index contributed by atoms with van der Waals surface area (Å²) in [6, 6.07) is 0. The second-order valence-corrected chi connectivity index (χ2v) is 0.908. The zero-order valence-electron chi connectivity index (χ0n) is 5.57. The molecule has 0 N–H and O–H groups in total. The zero-order valence-corrected chi connectivity index (χ0v) is 6.57. The van der Waals surface area contributed by atoms with E-state index in [1.54, 1.807) is 0 Å². The van der Waals surface area contributed by atoms with Crippen molar-refractivity contribution in [2.75, 3.05) is 0 Å². The third-order valence-electron chi connectivity index (χ3n) is 0.414. The van der Waals surface area contributed by atoms with E-state index in [1.165, 1.54) is 0 Å². The molecule has 0 radical (unpaired) electrons. The largest absolute Gasteiger partial charge is 1.00 e. The Labute approximate surface area is 68.5 Å². The normalized spacial score (nSPS) is 4.86. The molecule has 7 heavy (non-hydrogen) atoms. The summed E-state index contributed by atoms with van der Waals surface area (Å²) in [7, 11) is 0. The van der Waals surface area contributed by atoms with Gasteiger partial charge in [-0.05, 0) is 0 Å². The Morgan fingerprint density at radius 3 is 1.57 bits per heavy atom. The van der Waals surface area contributed by atoms with Crippen LogP contribution in [0, 0.1) is 24.7 Å². The monoisotopic (exact) mass is 102 g/mol. The average molecular weight is 102 g/mol. The van der Waals surface area contributed by atoms with E-state index in [0.29, 0.717) is 12.8 Å². The summed E-state index contributed by atoms with van der Waals surface area (Å²) in [6.45, 7) is 0. The molecule has 0 amide bonds. The number of unbranched alkanes of at least 4 members (excludes halogenated alkanes) is 1. The maximum Gasteiger partial charge on any atom is 1.00 e. The van der Waals surface area contributed by atoms with Crippen molar-refractivity contribution in [1.82, 2.24) is 0 Å². The molecule has 32 valence electrons. The molecule has 0 aliphatic rings. The number of terminal acetylenes is 2. The average Bonchev–Trinajstić information content (AvgIpc) is 1.61. The van der Waals surface area contributed by atoms with E-state index in [1.807, 2.05) is 0 Å². The molecule has 0 saturated heterocycles. The summed E-state index contributed by atoms with van der Waals surface area (Å²) in [6.07, 6.45) is 11.1. The topological polar surface area (TPSA) is 0 Å². The van der Waals surface area contributed by atoms with Crippen molar-refractivity contribution < 1.29 is 31.0 Å². The molecule has 0 unspecified atom stereocenters. The van der Waals surface area contributed by atoms with Gasteiger partial charge in [0.15, 0.2) is 0 Å². The Balaban J connectivity index is -0.000000125. The fourth-order valence-electron chi connectivity index (χ4n) is 0.144. The predicted molar refractivity (Wildman–Crippen MR) is 28.0 cm³/mol. The Morgan fingerprint density at radius 2 is 1.43 bits per heavy atom. The van der Waals surface area contributed by atoms with Gasteiger partial charge in [0.1, 0.15) is 0 Å². The molecule has 0 aromatic heterocycles.